The summed E-state index contributed by atoms with van der Waals surface area (Å²) in [5.41, 5.74) is 4.92. The molecule has 0 fully saturated rings. The molecule has 0 aliphatic rings. The van der Waals surface area contributed by atoms with Gasteiger partial charge in [0.15, 0.2) is 0 Å². The molecule has 0 aliphatic carbocycles. The van der Waals surface area contributed by atoms with Gasteiger partial charge in [-0.15, -0.1) is 10.2 Å². The minimum atomic E-state index is -1.25. The molecule has 0 aliphatic heterocycles. The van der Waals surface area contributed by atoms with Crippen molar-refractivity contribution < 1.29 is 19.5 Å². The van der Waals surface area contributed by atoms with Crippen LogP contribution in [0.25, 0.3) is 0 Å². The van der Waals surface area contributed by atoms with Gasteiger partial charge in [-0.2, -0.15) is 0 Å². The molecule has 10 heteroatoms. The van der Waals surface area contributed by atoms with Crippen molar-refractivity contribution in [3.8, 4) is 0 Å². The molecule has 1 aromatic heterocycles. The molecule has 0 unspecified atom stereocenters. The normalized spacial score (nSPS) is 11.6. The van der Waals surface area contributed by atoms with Crippen molar-refractivity contribution in [2.75, 3.05) is 5.32 Å². The Bertz CT molecular complexity index is 489. The number of anilines is 1. The van der Waals surface area contributed by atoms with Crippen LogP contribution in [0.3, 0.4) is 0 Å². The number of carboxylic acid groups (broad SMARTS) is 1. The lowest BCUT2D eigenvalue weighted by Crippen LogP contribution is -2.43. The van der Waals surface area contributed by atoms with Crippen molar-refractivity contribution in [1.82, 2.24) is 15.5 Å². The fourth-order valence-corrected chi connectivity index (χ4v) is 1.77. The fourth-order valence-electron chi connectivity index (χ4n) is 1.18. The summed E-state index contributed by atoms with van der Waals surface area (Å²) in [5.74, 6) is -1.88. The average molecular weight is 287 g/mol. The number of carbonyl (C=O) groups excluding carboxylic acids is 2. The summed E-state index contributed by atoms with van der Waals surface area (Å²) in [7, 11) is 0. The van der Waals surface area contributed by atoms with Gasteiger partial charge in [0, 0.05) is 6.42 Å². The van der Waals surface area contributed by atoms with Gasteiger partial charge in [0.1, 0.15) is 11.0 Å². The van der Waals surface area contributed by atoms with Crippen molar-refractivity contribution >= 4 is 34.4 Å². The average Bonchev–Trinajstić information content (AvgIpc) is 2.69. The molecule has 5 N–H and O–H groups in total. The number of urea groups is 1. The van der Waals surface area contributed by atoms with Crippen molar-refractivity contribution in [3.05, 3.63) is 5.01 Å². The maximum Gasteiger partial charge on any atom is 0.326 e. The van der Waals surface area contributed by atoms with Gasteiger partial charge >= 0.3 is 12.0 Å². The Balaban J connectivity index is 2.51. The predicted molar refractivity (Wildman–Crippen MR) is 66.7 cm³/mol. The quantitative estimate of drug-likeness (QED) is 0.564. The summed E-state index contributed by atoms with van der Waals surface area (Å²) in [5, 5.41) is 21.7. The predicted octanol–water partition coefficient (Wildman–Crippen LogP) is -0.313. The highest BCUT2D eigenvalue weighted by molar-refractivity contribution is 7.15. The smallest absolute Gasteiger partial charge is 0.326 e. The molecule has 19 heavy (non-hydrogen) atoms. The standard InChI is InChI=1S/C9H13N5O4S/c1-4-13-14-9(19-4)12-8(18)11-5(7(16)17)2-3-6(10)15/h5H,2-3H2,1H3,(H2,10,15)(H,16,17)(H2,11,12,14,18)/t5-/m1/s1. The van der Waals surface area contributed by atoms with Crippen LogP contribution in [0, 0.1) is 6.92 Å². The number of nitrogens with zero attached hydrogens (tertiary/aromatic N) is 2. The maximum atomic E-state index is 11.5. The van der Waals surface area contributed by atoms with Crippen molar-refractivity contribution in [3.63, 3.8) is 0 Å². The number of aryl methyl sites for hydroxylation is 1. The van der Waals surface area contributed by atoms with Crippen LogP contribution < -0.4 is 16.4 Å². The minimum absolute atomic E-state index is 0.0762. The van der Waals surface area contributed by atoms with Crippen LogP contribution in [0.4, 0.5) is 9.93 Å². The lowest BCUT2D eigenvalue weighted by atomic mass is 10.1. The van der Waals surface area contributed by atoms with E-state index in [0.29, 0.717) is 5.01 Å². The third-order valence-electron chi connectivity index (χ3n) is 2.03. The van der Waals surface area contributed by atoms with E-state index >= 15 is 0 Å². The van der Waals surface area contributed by atoms with E-state index in [9.17, 15) is 14.4 Å². The molecule has 0 bridgehead atoms. The van der Waals surface area contributed by atoms with Gasteiger partial charge in [-0.25, -0.2) is 9.59 Å². The van der Waals surface area contributed by atoms with Gasteiger partial charge in [0.05, 0.1) is 0 Å². The van der Waals surface area contributed by atoms with Gasteiger partial charge in [0.2, 0.25) is 11.0 Å². The van der Waals surface area contributed by atoms with Crippen LogP contribution in [0.5, 0.6) is 0 Å². The van der Waals surface area contributed by atoms with Gasteiger partial charge in [-0.3, -0.25) is 10.1 Å². The topological polar surface area (TPSA) is 147 Å². The van der Waals surface area contributed by atoms with Crippen LogP contribution in [0.15, 0.2) is 0 Å². The number of carbonyl (C=O) groups is 3. The number of nitrogens with one attached hydrogen (secondary N) is 2. The van der Waals surface area contributed by atoms with Crippen LogP contribution in [0.1, 0.15) is 17.8 Å². The number of hydrogen-bond acceptors (Lipinski definition) is 6. The number of aliphatic carboxylic acids is 1. The molecule has 0 aromatic carbocycles. The highest BCUT2D eigenvalue weighted by atomic mass is 32.1. The Hall–Kier alpha value is -2.23. The number of aromatic nitrogens is 2. The number of nitrogens with two attached hydrogens (primary N) is 1. The summed E-state index contributed by atoms with van der Waals surface area (Å²) in [6.07, 6.45) is -0.206. The van der Waals surface area contributed by atoms with E-state index in [0.717, 1.165) is 11.3 Å². The van der Waals surface area contributed by atoms with E-state index < -0.39 is 23.9 Å². The fraction of sp³-hybridized carbons (Fsp3) is 0.444. The molecular formula is C9H13N5O4S. The third kappa shape index (κ3) is 5.29. The number of rotatable bonds is 6. The van der Waals surface area contributed by atoms with E-state index in [-0.39, 0.29) is 18.0 Å². The zero-order chi connectivity index (χ0) is 14.4. The summed E-state index contributed by atoms with van der Waals surface area (Å²) < 4.78 is 0. The Labute approximate surface area is 112 Å². The molecule has 3 amide bonds. The van der Waals surface area contributed by atoms with Gasteiger partial charge in [0.25, 0.3) is 0 Å². The first-order valence-corrected chi connectivity index (χ1v) is 6.09. The summed E-state index contributed by atoms with van der Waals surface area (Å²) in [4.78, 5) is 33.0. The highest BCUT2D eigenvalue weighted by Gasteiger charge is 2.20. The second-order valence-electron chi connectivity index (χ2n) is 3.62. The lowest BCUT2D eigenvalue weighted by molar-refractivity contribution is -0.139. The molecule has 1 heterocycles. The van der Waals surface area contributed by atoms with Gasteiger partial charge < -0.3 is 16.2 Å². The highest BCUT2D eigenvalue weighted by Crippen LogP contribution is 2.13. The second kappa shape index (κ2) is 6.64. The molecule has 104 valence electrons. The zero-order valence-electron chi connectivity index (χ0n) is 10.0. The number of amides is 3. The Morgan fingerprint density at radius 3 is 2.58 bits per heavy atom. The van der Waals surface area contributed by atoms with Crippen molar-refractivity contribution in [2.24, 2.45) is 5.73 Å². The van der Waals surface area contributed by atoms with Gasteiger partial charge in [-0.05, 0) is 13.3 Å². The third-order valence-corrected chi connectivity index (χ3v) is 2.78. The van der Waals surface area contributed by atoms with E-state index in [1.165, 1.54) is 0 Å². The number of primary amides is 1. The van der Waals surface area contributed by atoms with E-state index in [4.69, 9.17) is 10.8 Å². The first kappa shape index (κ1) is 14.8. The molecule has 0 saturated heterocycles. The molecule has 1 rings (SSSR count). The molecule has 0 saturated carbocycles. The first-order chi connectivity index (χ1) is 8.88. The van der Waals surface area contributed by atoms with Crippen LogP contribution in [0.2, 0.25) is 0 Å². The maximum absolute atomic E-state index is 11.5. The van der Waals surface area contributed by atoms with Crippen LogP contribution in [-0.2, 0) is 9.59 Å². The Kier molecular flexibility index (Phi) is 5.18. The van der Waals surface area contributed by atoms with E-state index in [2.05, 4.69) is 20.8 Å². The Morgan fingerprint density at radius 1 is 1.42 bits per heavy atom. The summed E-state index contributed by atoms with van der Waals surface area (Å²) >= 11 is 1.15. The van der Waals surface area contributed by atoms with Crippen molar-refractivity contribution in [2.45, 2.75) is 25.8 Å². The van der Waals surface area contributed by atoms with E-state index in [1.807, 2.05) is 0 Å². The molecule has 9 nitrogen and oxygen atoms in total. The summed E-state index contributed by atoms with van der Waals surface area (Å²) in [6.45, 7) is 1.72. The molecule has 0 spiro atoms. The van der Waals surface area contributed by atoms with Crippen LogP contribution >= 0.6 is 11.3 Å². The lowest BCUT2D eigenvalue weighted by Gasteiger charge is -2.13. The second-order valence-corrected chi connectivity index (χ2v) is 4.80. The zero-order valence-corrected chi connectivity index (χ0v) is 10.9. The van der Waals surface area contributed by atoms with Gasteiger partial charge in [-0.1, -0.05) is 11.3 Å². The minimum Gasteiger partial charge on any atom is -0.480 e. The SMILES string of the molecule is Cc1nnc(NC(=O)N[C@H](CCC(N)=O)C(=O)O)s1. The molecular weight excluding hydrogens is 274 g/mol. The number of carboxylic acids is 1. The monoisotopic (exact) mass is 287 g/mol. The number of hydrogen-bond donors (Lipinski definition) is 4. The largest absolute Gasteiger partial charge is 0.480 e. The molecule has 1 aromatic rings. The first-order valence-electron chi connectivity index (χ1n) is 5.27. The van der Waals surface area contributed by atoms with Crippen LogP contribution in [-0.4, -0.2) is 39.3 Å². The molecule has 1 atom stereocenters. The van der Waals surface area contributed by atoms with E-state index in [1.54, 1.807) is 6.92 Å². The van der Waals surface area contributed by atoms with Crippen molar-refractivity contribution in [1.29, 1.82) is 0 Å². The molecule has 0 radical (unpaired) electrons. The summed E-state index contributed by atoms with van der Waals surface area (Å²) in [6, 6.07) is -1.92. The Morgan fingerprint density at radius 2 is 2.11 bits per heavy atom.